The number of halogens is 1. The van der Waals surface area contributed by atoms with Crippen molar-refractivity contribution >= 4 is 33.7 Å². The summed E-state index contributed by atoms with van der Waals surface area (Å²) >= 11 is 3.15. The quantitative estimate of drug-likeness (QED) is 0.822. The standard InChI is InChI=1S/C16H14BrNO5/c1-22-12-8-7-11(17)13(15(19)20)14(12)18-16(21)23-9-10-5-3-2-4-6-10/h2-8H,9H2,1H3,(H,18,21)(H,19,20). The normalized spacial score (nSPS) is 10.0. The smallest absolute Gasteiger partial charge is 0.412 e. The third-order valence-corrected chi connectivity index (χ3v) is 3.65. The maximum atomic E-state index is 11.9. The fourth-order valence-corrected chi connectivity index (χ4v) is 2.42. The number of anilines is 1. The molecule has 0 bridgehead atoms. The highest BCUT2D eigenvalue weighted by atomic mass is 79.9. The number of aromatic carboxylic acids is 1. The zero-order valence-electron chi connectivity index (χ0n) is 12.2. The Bertz CT molecular complexity index is 718. The molecular weight excluding hydrogens is 366 g/mol. The Labute approximate surface area is 141 Å². The minimum absolute atomic E-state index is 0.0347. The summed E-state index contributed by atoms with van der Waals surface area (Å²) in [6, 6.07) is 12.2. The molecule has 0 saturated heterocycles. The summed E-state index contributed by atoms with van der Waals surface area (Å²) in [6.07, 6.45) is -0.771. The number of rotatable bonds is 5. The lowest BCUT2D eigenvalue weighted by Gasteiger charge is -2.14. The van der Waals surface area contributed by atoms with Gasteiger partial charge in [-0.2, -0.15) is 0 Å². The predicted molar refractivity (Wildman–Crippen MR) is 87.9 cm³/mol. The van der Waals surface area contributed by atoms with E-state index in [-0.39, 0.29) is 23.6 Å². The van der Waals surface area contributed by atoms with Gasteiger partial charge in [0.1, 0.15) is 23.6 Å². The van der Waals surface area contributed by atoms with Crippen molar-refractivity contribution in [3.05, 3.63) is 58.1 Å². The molecular formula is C16H14BrNO5. The number of amides is 1. The molecule has 0 fully saturated rings. The van der Waals surface area contributed by atoms with Gasteiger partial charge in [0.25, 0.3) is 0 Å². The Morgan fingerprint density at radius 1 is 1.17 bits per heavy atom. The lowest BCUT2D eigenvalue weighted by Crippen LogP contribution is -2.17. The van der Waals surface area contributed by atoms with Crippen molar-refractivity contribution in [3.8, 4) is 5.75 Å². The molecule has 0 heterocycles. The highest BCUT2D eigenvalue weighted by Gasteiger charge is 2.21. The van der Waals surface area contributed by atoms with E-state index >= 15 is 0 Å². The van der Waals surface area contributed by atoms with Gasteiger partial charge in [-0.1, -0.05) is 30.3 Å². The van der Waals surface area contributed by atoms with Crippen molar-refractivity contribution in [2.45, 2.75) is 6.61 Å². The molecule has 0 spiro atoms. The number of carboxylic acids is 1. The Balaban J connectivity index is 2.16. The number of ether oxygens (including phenoxy) is 2. The summed E-state index contributed by atoms with van der Waals surface area (Å²) in [5.41, 5.74) is 0.746. The monoisotopic (exact) mass is 379 g/mol. The first-order valence-corrected chi connectivity index (χ1v) is 7.39. The summed E-state index contributed by atoms with van der Waals surface area (Å²) in [6.45, 7) is 0.0748. The van der Waals surface area contributed by atoms with Gasteiger partial charge >= 0.3 is 12.1 Å². The molecule has 0 aliphatic heterocycles. The van der Waals surface area contributed by atoms with Crippen LogP contribution < -0.4 is 10.1 Å². The number of carbonyl (C=O) groups is 2. The van der Waals surface area contributed by atoms with Crippen LogP contribution in [0.1, 0.15) is 15.9 Å². The molecule has 23 heavy (non-hydrogen) atoms. The summed E-state index contributed by atoms with van der Waals surface area (Å²) in [5.74, 6) is -0.976. The van der Waals surface area contributed by atoms with Gasteiger partial charge in [0, 0.05) is 4.47 Å². The SMILES string of the molecule is COc1ccc(Br)c(C(=O)O)c1NC(=O)OCc1ccccc1. The number of hydrogen-bond donors (Lipinski definition) is 2. The van der Waals surface area contributed by atoms with E-state index < -0.39 is 12.1 Å². The topological polar surface area (TPSA) is 84.9 Å². The molecule has 2 rings (SSSR count). The first-order valence-electron chi connectivity index (χ1n) is 6.60. The summed E-state index contributed by atoms with van der Waals surface area (Å²) < 4.78 is 10.5. The molecule has 0 unspecified atom stereocenters. The summed E-state index contributed by atoms with van der Waals surface area (Å²) in [5, 5.41) is 11.7. The molecule has 2 N–H and O–H groups in total. The fourth-order valence-electron chi connectivity index (χ4n) is 1.92. The van der Waals surface area contributed by atoms with Gasteiger partial charge in [-0.05, 0) is 33.6 Å². The molecule has 0 atom stereocenters. The highest BCUT2D eigenvalue weighted by Crippen LogP contribution is 2.34. The molecule has 7 heteroatoms. The number of carboxylic acid groups (broad SMARTS) is 1. The van der Waals surface area contributed by atoms with Crippen LogP contribution in [0.5, 0.6) is 5.75 Å². The van der Waals surface area contributed by atoms with Crippen LogP contribution in [0.4, 0.5) is 10.5 Å². The molecule has 0 aliphatic carbocycles. The minimum atomic E-state index is -1.20. The molecule has 1 amide bonds. The third-order valence-electron chi connectivity index (χ3n) is 2.99. The Kier molecular flexibility index (Phi) is 5.59. The lowest BCUT2D eigenvalue weighted by molar-refractivity contribution is 0.0696. The second-order valence-electron chi connectivity index (χ2n) is 4.49. The zero-order chi connectivity index (χ0) is 16.8. The third kappa shape index (κ3) is 4.23. The molecule has 2 aromatic rings. The maximum Gasteiger partial charge on any atom is 0.412 e. The summed E-state index contributed by atoms with van der Waals surface area (Å²) in [4.78, 5) is 23.3. The molecule has 6 nitrogen and oxygen atoms in total. The van der Waals surface area contributed by atoms with Crippen LogP contribution in [0.25, 0.3) is 0 Å². The number of hydrogen-bond acceptors (Lipinski definition) is 4. The van der Waals surface area contributed by atoms with E-state index in [0.717, 1.165) is 5.56 Å². The van der Waals surface area contributed by atoms with E-state index in [1.165, 1.54) is 13.2 Å². The predicted octanol–water partition coefficient (Wildman–Crippen LogP) is 3.90. The second-order valence-corrected chi connectivity index (χ2v) is 5.35. The van der Waals surface area contributed by atoms with Crippen LogP contribution in [0.15, 0.2) is 46.9 Å². The van der Waals surface area contributed by atoms with Gasteiger partial charge in [0.15, 0.2) is 0 Å². The van der Waals surface area contributed by atoms with Gasteiger partial charge in [0.05, 0.1) is 7.11 Å². The molecule has 0 aromatic heterocycles. The van der Waals surface area contributed by atoms with Gasteiger partial charge in [-0.3, -0.25) is 5.32 Å². The average Bonchev–Trinajstić information content (AvgIpc) is 2.54. The molecule has 0 saturated carbocycles. The number of nitrogens with one attached hydrogen (secondary N) is 1. The van der Waals surface area contributed by atoms with Gasteiger partial charge in [0.2, 0.25) is 0 Å². The van der Waals surface area contributed by atoms with E-state index in [4.69, 9.17) is 9.47 Å². The zero-order valence-corrected chi connectivity index (χ0v) is 13.8. The molecule has 120 valence electrons. The van der Waals surface area contributed by atoms with E-state index in [2.05, 4.69) is 21.2 Å². The van der Waals surface area contributed by atoms with Crippen molar-refractivity contribution in [2.24, 2.45) is 0 Å². The van der Waals surface area contributed by atoms with Crippen LogP contribution in [0.3, 0.4) is 0 Å². The van der Waals surface area contributed by atoms with E-state index in [1.54, 1.807) is 6.07 Å². The van der Waals surface area contributed by atoms with E-state index in [9.17, 15) is 14.7 Å². The van der Waals surface area contributed by atoms with Crippen molar-refractivity contribution < 1.29 is 24.2 Å². The van der Waals surface area contributed by atoms with Crippen molar-refractivity contribution in [1.29, 1.82) is 0 Å². The minimum Gasteiger partial charge on any atom is -0.495 e. The van der Waals surface area contributed by atoms with E-state index in [0.29, 0.717) is 4.47 Å². The molecule has 0 radical (unpaired) electrons. The first-order chi connectivity index (χ1) is 11.0. The Morgan fingerprint density at radius 3 is 2.48 bits per heavy atom. The van der Waals surface area contributed by atoms with Crippen LogP contribution in [-0.4, -0.2) is 24.3 Å². The van der Waals surface area contributed by atoms with E-state index in [1.807, 2.05) is 30.3 Å². The average molecular weight is 380 g/mol. The molecule has 2 aromatic carbocycles. The van der Waals surface area contributed by atoms with Gasteiger partial charge in [-0.25, -0.2) is 9.59 Å². The number of carbonyl (C=O) groups excluding carboxylic acids is 1. The van der Waals surface area contributed by atoms with Crippen LogP contribution in [-0.2, 0) is 11.3 Å². The Morgan fingerprint density at radius 2 is 1.87 bits per heavy atom. The van der Waals surface area contributed by atoms with Gasteiger partial charge < -0.3 is 14.6 Å². The second kappa shape index (κ2) is 7.64. The number of methoxy groups -OCH3 is 1. The maximum absolute atomic E-state index is 11.9. The van der Waals surface area contributed by atoms with Crippen molar-refractivity contribution in [2.75, 3.05) is 12.4 Å². The first kappa shape index (κ1) is 16.8. The highest BCUT2D eigenvalue weighted by molar-refractivity contribution is 9.10. The fraction of sp³-hybridized carbons (Fsp3) is 0.125. The van der Waals surface area contributed by atoms with Crippen LogP contribution >= 0.6 is 15.9 Å². The number of benzene rings is 2. The Hall–Kier alpha value is -2.54. The van der Waals surface area contributed by atoms with Crippen molar-refractivity contribution in [1.82, 2.24) is 0 Å². The van der Waals surface area contributed by atoms with Crippen molar-refractivity contribution in [3.63, 3.8) is 0 Å². The lowest BCUT2D eigenvalue weighted by atomic mass is 10.1. The van der Waals surface area contributed by atoms with Gasteiger partial charge in [-0.15, -0.1) is 0 Å². The molecule has 0 aliphatic rings. The largest absolute Gasteiger partial charge is 0.495 e. The van der Waals surface area contributed by atoms with Crippen LogP contribution in [0.2, 0.25) is 0 Å². The van der Waals surface area contributed by atoms with Crippen LogP contribution in [0, 0.1) is 0 Å². The summed E-state index contributed by atoms with van der Waals surface area (Å²) in [7, 11) is 1.38.